The van der Waals surface area contributed by atoms with Crippen molar-refractivity contribution in [2.45, 2.75) is 0 Å². The van der Waals surface area contributed by atoms with Crippen LogP contribution in [-0.4, -0.2) is 16.1 Å². The van der Waals surface area contributed by atoms with Crippen LogP contribution in [0.5, 0.6) is 0 Å². The first-order valence-corrected chi connectivity index (χ1v) is 6.91. The number of thiazole rings is 1. The summed E-state index contributed by atoms with van der Waals surface area (Å²) in [6, 6.07) is 14.8. The van der Waals surface area contributed by atoms with Crippen LogP contribution in [0.3, 0.4) is 0 Å². The van der Waals surface area contributed by atoms with Gasteiger partial charge in [-0.2, -0.15) is 0 Å². The highest BCUT2D eigenvalue weighted by atomic mass is 32.1. The minimum Gasteiger partial charge on any atom is -0.478 e. The van der Waals surface area contributed by atoms with Crippen molar-refractivity contribution in [1.29, 1.82) is 0 Å². The summed E-state index contributed by atoms with van der Waals surface area (Å²) in [6.07, 6.45) is 3.79. The number of benzene rings is 2. The molecule has 20 heavy (non-hydrogen) atoms. The lowest BCUT2D eigenvalue weighted by molar-refractivity contribution is 0.0697. The maximum absolute atomic E-state index is 10.9. The summed E-state index contributed by atoms with van der Waals surface area (Å²) < 4.78 is 1.14. The smallest absolute Gasteiger partial charge is 0.335 e. The third kappa shape index (κ3) is 2.60. The van der Waals surface area contributed by atoms with E-state index in [1.165, 1.54) is 0 Å². The van der Waals surface area contributed by atoms with Gasteiger partial charge in [-0.1, -0.05) is 30.3 Å². The third-order valence-electron chi connectivity index (χ3n) is 2.86. The fourth-order valence-corrected chi connectivity index (χ4v) is 2.77. The predicted octanol–water partition coefficient (Wildman–Crippen LogP) is 4.16. The van der Waals surface area contributed by atoms with Gasteiger partial charge < -0.3 is 5.11 Å². The summed E-state index contributed by atoms with van der Waals surface area (Å²) in [7, 11) is 0. The Bertz CT molecular complexity index is 772. The van der Waals surface area contributed by atoms with Crippen LogP contribution in [-0.2, 0) is 0 Å². The van der Waals surface area contributed by atoms with Crippen LogP contribution in [0.1, 0.15) is 20.9 Å². The number of fused-ring (bicyclic) bond motifs is 1. The molecule has 0 bridgehead atoms. The van der Waals surface area contributed by atoms with E-state index in [0.717, 1.165) is 20.8 Å². The molecule has 3 rings (SSSR count). The molecule has 0 fully saturated rings. The number of aromatic nitrogens is 1. The van der Waals surface area contributed by atoms with Crippen LogP contribution in [0.2, 0.25) is 0 Å². The molecule has 98 valence electrons. The molecule has 0 aliphatic carbocycles. The lowest BCUT2D eigenvalue weighted by Gasteiger charge is -1.96. The van der Waals surface area contributed by atoms with Gasteiger partial charge in [0.1, 0.15) is 5.01 Å². The first-order chi connectivity index (χ1) is 9.72. The van der Waals surface area contributed by atoms with Crippen LogP contribution in [0.4, 0.5) is 0 Å². The first-order valence-electron chi connectivity index (χ1n) is 6.09. The summed E-state index contributed by atoms with van der Waals surface area (Å²) >= 11 is 1.61. The molecule has 1 aromatic heterocycles. The van der Waals surface area contributed by atoms with E-state index in [0.29, 0.717) is 0 Å². The maximum Gasteiger partial charge on any atom is 0.335 e. The zero-order chi connectivity index (χ0) is 13.9. The van der Waals surface area contributed by atoms with Gasteiger partial charge in [-0.25, -0.2) is 9.78 Å². The molecule has 3 aromatic rings. The van der Waals surface area contributed by atoms with Gasteiger partial charge in [-0.15, -0.1) is 11.3 Å². The van der Waals surface area contributed by atoms with Gasteiger partial charge in [0.25, 0.3) is 0 Å². The number of hydrogen-bond acceptors (Lipinski definition) is 3. The summed E-state index contributed by atoms with van der Waals surface area (Å²) in [5.41, 5.74) is 2.12. The summed E-state index contributed by atoms with van der Waals surface area (Å²) in [4.78, 5) is 15.4. The van der Waals surface area contributed by atoms with Crippen molar-refractivity contribution >= 4 is 39.7 Å². The molecule has 0 spiro atoms. The molecule has 0 atom stereocenters. The third-order valence-corrected chi connectivity index (χ3v) is 3.86. The van der Waals surface area contributed by atoms with E-state index < -0.39 is 5.97 Å². The SMILES string of the molecule is O=C(O)c1cccc(/C=C/c2nc3ccccc3s2)c1. The molecule has 0 unspecified atom stereocenters. The van der Waals surface area contributed by atoms with Crippen molar-refractivity contribution in [3.8, 4) is 0 Å². The number of carboxylic acid groups (broad SMARTS) is 1. The Hall–Kier alpha value is -2.46. The lowest BCUT2D eigenvalue weighted by atomic mass is 10.1. The van der Waals surface area contributed by atoms with Crippen molar-refractivity contribution in [2.75, 3.05) is 0 Å². The van der Waals surface area contributed by atoms with E-state index in [9.17, 15) is 4.79 Å². The van der Waals surface area contributed by atoms with Gasteiger partial charge in [0.05, 0.1) is 15.8 Å². The van der Waals surface area contributed by atoms with Gasteiger partial charge in [0.15, 0.2) is 0 Å². The van der Waals surface area contributed by atoms with Gasteiger partial charge in [0, 0.05) is 0 Å². The van der Waals surface area contributed by atoms with Gasteiger partial charge >= 0.3 is 5.97 Å². The minimum atomic E-state index is -0.916. The van der Waals surface area contributed by atoms with Crippen molar-refractivity contribution in [1.82, 2.24) is 4.98 Å². The molecule has 0 saturated heterocycles. The average Bonchev–Trinajstić information content (AvgIpc) is 2.88. The van der Waals surface area contributed by atoms with Crippen LogP contribution in [0.25, 0.3) is 22.4 Å². The highest BCUT2D eigenvalue weighted by Crippen LogP contribution is 2.23. The second-order valence-corrected chi connectivity index (χ2v) is 5.35. The van der Waals surface area contributed by atoms with E-state index in [1.54, 1.807) is 29.5 Å². The van der Waals surface area contributed by atoms with Crippen LogP contribution >= 0.6 is 11.3 Å². The Kier molecular flexibility index (Phi) is 3.31. The fraction of sp³-hybridized carbons (Fsp3) is 0. The molecule has 0 radical (unpaired) electrons. The van der Waals surface area contributed by atoms with E-state index in [4.69, 9.17) is 5.11 Å². The predicted molar refractivity (Wildman–Crippen MR) is 81.9 cm³/mol. The van der Waals surface area contributed by atoms with Gasteiger partial charge in [-0.05, 0) is 35.9 Å². The Morgan fingerprint density at radius 3 is 2.75 bits per heavy atom. The van der Waals surface area contributed by atoms with Crippen LogP contribution in [0.15, 0.2) is 48.5 Å². The standard InChI is InChI=1S/C16H11NO2S/c18-16(19)12-5-3-4-11(10-12)8-9-15-17-13-6-1-2-7-14(13)20-15/h1-10H,(H,18,19)/b9-8+. The highest BCUT2D eigenvalue weighted by Gasteiger charge is 2.02. The molecule has 0 aliphatic rings. The number of carbonyl (C=O) groups is 1. The van der Waals surface area contributed by atoms with Crippen molar-refractivity contribution in [3.63, 3.8) is 0 Å². The Morgan fingerprint density at radius 2 is 1.95 bits per heavy atom. The number of nitrogens with zero attached hydrogens (tertiary/aromatic N) is 1. The van der Waals surface area contributed by atoms with E-state index in [1.807, 2.05) is 42.5 Å². The van der Waals surface area contributed by atoms with Crippen molar-refractivity contribution in [2.24, 2.45) is 0 Å². The van der Waals surface area contributed by atoms with E-state index in [2.05, 4.69) is 4.98 Å². The molecule has 4 heteroatoms. The number of rotatable bonds is 3. The molecule has 0 saturated carbocycles. The van der Waals surface area contributed by atoms with Gasteiger partial charge in [-0.3, -0.25) is 0 Å². The molecular formula is C16H11NO2S. The zero-order valence-electron chi connectivity index (χ0n) is 10.5. The summed E-state index contributed by atoms with van der Waals surface area (Å²) in [5, 5.41) is 9.86. The molecule has 1 heterocycles. The number of para-hydroxylation sites is 1. The second-order valence-electron chi connectivity index (χ2n) is 4.28. The molecule has 2 aromatic carbocycles. The normalized spacial score (nSPS) is 11.2. The number of carboxylic acids is 1. The van der Waals surface area contributed by atoms with E-state index in [-0.39, 0.29) is 5.56 Å². The van der Waals surface area contributed by atoms with Crippen molar-refractivity contribution < 1.29 is 9.90 Å². The zero-order valence-corrected chi connectivity index (χ0v) is 11.3. The fourth-order valence-electron chi connectivity index (χ4n) is 1.90. The maximum atomic E-state index is 10.9. The second kappa shape index (κ2) is 5.27. The Balaban J connectivity index is 1.89. The van der Waals surface area contributed by atoms with Crippen LogP contribution in [0, 0.1) is 0 Å². The number of hydrogen-bond donors (Lipinski definition) is 1. The lowest BCUT2D eigenvalue weighted by Crippen LogP contribution is -1.95. The Labute approximate surface area is 119 Å². The quantitative estimate of drug-likeness (QED) is 0.784. The molecule has 0 aliphatic heterocycles. The summed E-state index contributed by atoms with van der Waals surface area (Å²) in [5.74, 6) is -0.916. The topological polar surface area (TPSA) is 50.2 Å². The molecule has 0 amide bonds. The monoisotopic (exact) mass is 281 g/mol. The largest absolute Gasteiger partial charge is 0.478 e. The average molecular weight is 281 g/mol. The molecule has 1 N–H and O–H groups in total. The van der Waals surface area contributed by atoms with E-state index >= 15 is 0 Å². The number of aromatic carboxylic acids is 1. The van der Waals surface area contributed by atoms with Crippen LogP contribution < -0.4 is 0 Å². The van der Waals surface area contributed by atoms with Gasteiger partial charge in [0.2, 0.25) is 0 Å². The molecular weight excluding hydrogens is 270 g/mol. The first kappa shape index (κ1) is 12.6. The van der Waals surface area contributed by atoms with Crippen molar-refractivity contribution in [3.05, 3.63) is 64.7 Å². The summed E-state index contributed by atoms with van der Waals surface area (Å²) in [6.45, 7) is 0. The molecule has 3 nitrogen and oxygen atoms in total. The highest BCUT2D eigenvalue weighted by molar-refractivity contribution is 7.19. The Morgan fingerprint density at radius 1 is 1.10 bits per heavy atom. The minimum absolute atomic E-state index is 0.288.